The van der Waals surface area contributed by atoms with Gasteiger partial charge in [-0.15, -0.1) is 0 Å². The molecule has 0 amide bonds. The van der Waals surface area contributed by atoms with Gasteiger partial charge in [-0.2, -0.15) is 0 Å². The maximum absolute atomic E-state index is 12.8. The normalized spacial score (nSPS) is 12.2. The first-order chi connectivity index (χ1) is 11.0. The minimum absolute atomic E-state index is 0.108. The molecule has 3 rings (SSSR count). The molecule has 1 aromatic heterocycles. The van der Waals surface area contributed by atoms with Crippen LogP contribution in [0.5, 0.6) is 0 Å². The zero-order valence-corrected chi connectivity index (χ0v) is 13.1. The van der Waals surface area contributed by atoms with Gasteiger partial charge in [0, 0.05) is 0 Å². The lowest BCUT2D eigenvalue weighted by Crippen LogP contribution is -2.26. The van der Waals surface area contributed by atoms with Gasteiger partial charge in [-0.1, -0.05) is 30.3 Å². The first-order valence-corrected chi connectivity index (χ1v) is 7.46. The molecule has 0 radical (unpaired) electrons. The molecule has 1 heterocycles. The Morgan fingerprint density at radius 2 is 1.91 bits per heavy atom. The number of nitrogens with zero attached hydrogens (tertiary/aromatic N) is 1. The molecule has 0 aliphatic carbocycles. The quantitative estimate of drug-likeness (QED) is 0.724. The standard InChI is InChI=1S/C17H14N2O3S/c1-10(11-5-3-2-4-6-11)19-15(20)13-8-7-12(16(21)22)9-14(13)18-17(19)23/h2-10H,1H3,(H,18,23)(H,21,22). The second-order valence-electron chi connectivity index (χ2n) is 5.26. The van der Waals surface area contributed by atoms with E-state index in [1.54, 1.807) is 0 Å². The predicted octanol–water partition coefficient (Wildman–Crippen LogP) is 3.37. The average Bonchev–Trinajstić information content (AvgIpc) is 2.55. The molecule has 2 aromatic carbocycles. The molecule has 1 unspecified atom stereocenters. The molecule has 2 N–H and O–H groups in total. The molecule has 5 nitrogen and oxygen atoms in total. The van der Waals surface area contributed by atoms with E-state index in [1.165, 1.54) is 22.8 Å². The van der Waals surface area contributed by atoms with Crippen LogP contribution in [0.4, 0.5) is 0 Å². The summed E-state index contributed by atoms with van der Waals surface area (Å²) in [6.45, 7) is 1.90. The van der Waals surface area contributed by atoms with E-state index in [0.29, 0.717) is 10.9 Å². The third kappa shape index (κ3) is 2.68. The highest BCUT2D eigenvalue weighted by atomic mass is 32.1. The summed E-state index contributed by atoms with van der Waals surface area (Å²) in [6.07, 6.45) is 0. The number of fused-ring (bicyclic) bond motifs is 1. The van der Waals surface area contributed by atoms with E-state index < -0.39 is 5.97 Å². The van der Waals surface area contributed by atoms with Crippen LogP contribution in [0.25, 0.3) is 10.9 Å². The first-order valence-electron chi connectivity index (χ1n) is 7.06. The molecule has 0 bridgehead atoms. The summed E-state index contributed by atoms with van der Waals surface area (Å²) in [5, 5.41) is 9.46. The van der Waals surface area contributed by atoms with Crippen LogP contribution in [0, 0.1) is 4.77 Å². The van der Waals surface area contributed by atoms with E-state index in [1.807, 2.05) is 37.3 Å². The molecule has 23 heavy (non-hydrogen) atoms. The molecule has 0 saturated heterocycles. The number of rotatable bonds is 3. The highest BCUT2D eigenvalue weighted by Crippen LogP contribution is 2.18. The number of aromatic carboxylic acids is 1. The maximum atomic E-state index is 12.8. The summed E-state index contributed by atoms with van der Waals surface area (Å²) in [6, 6.07) is 13.7. The van der Waals surface area contributed by atoms with Gasteiger partial charge in [0.15, 0.2) is 4.77 Å². The number of hydrogen-bond donors (Lipinski definition) is 2. The van der Waals surface area contributed by atoms with E-state index in [-0.39, 0.29) is 21.9 Å². The van der Waals surface area contributed by atoms with E-state index >= 15 is 0 Å². The lowest BCUT2D eigenvalue weighted by Gasteiger charge is -2.16. The molecule has 116 valence electrons. The van der Waals surface area contributed by atoms with Crippen molar-refractivity contribution in [2.75, 3.05) is 0 Å². The van der Waals surface area contributed by atoms with Crippen molar-refractivity contribution < 1.29 is 9.90 Å². The molecule has 6 heteroatoms. The van der Waals surface area contributed by atoms with E-state index in [9.17, 15) is 9.59 Å². The predicted molar refractivity (Wildman–Crippen MR) is 90.6 cm³/mol. The van der Waals surface area contributed by atoms with Crippen LogP contribution in [0.15, 0.2) is 53.3 Å². The van der Waals surface area contributed by atoms with Crippen molar-refractivity contribution in [1.82, 2.24) is 9.55 Å². The zero-order valence-electron chi connectivity index (χ0n) is 12.3. The Bertz CT molecular complexity index is 1010. The van der Waals surface area contributed by atoms with Gasteiger partial charge in [0.1, 0.15) is 0 Å². The molecule has 0 spiro atoms. The molecule has 0 aliphatic rings. The Morgan fingerprint density at radius 3 is 2.57 bits per heavy atom. The highest BCUT2D eigenvalue weighted by Gasteiger charge is 2.14. The van der Waals surface area contributed by atoms with Crippen molar-refractivity contribution in [3.63, 3.8) is 0 Å². The molecular formula is C17H14N2O3S. The fraction of sp³-hybridized carbons (Fsp3) is 0.118. The maximum Gasteiger partial charge on any atom is 0.335 e. The number of hydrogen-bond acceptors (Lipinski definition) is 3. The molecule has 0 fully saturated rings. The van der Waals surface area contributed by atoms with Gasteiger partial charge in [0.05, 0.1) is 22.5 Å². The Labute approximate surface area is 136 Å². The molecule has 3 aromatic rings. The molecule has 1 atom stereocenters. The van der Waals surface area contributed by atoms with Gasteiger partial charge in [0.25, 0.3) is 5.56 Å². The van der Waals surface area contributed by atoms with Crippen molar-refractivity contribution >= 4 is 29.1 Å². The van der Waals surface area contributed by atoms with Crippen molar-refractivity contribution in [2.45, 2.75) is 13.0 Å². The smallest absolute Gasteiger partial charge is 0.335 e. The second-order valence-corrected chi connectivity index (χ2v) is 5.64. The van der Waals surface area contributed by atoms with Crippen LogP contribution in [0.1, 0.15) is 28.9 Å². The van der Waals surface area contributed by atoms with Gasteiger partial charge in [0.2, 0.25) is 0 Å². The third-order valence-corrected chi connectivity index (χ3v) is 4.14. The summed E-state index contributed by atoms with van der Waals surface area (Å²) < 4.78 is 1.77. The molecule has 0 aliphatic heterocycles. The van der Waals surface area contributed by atoms with Crippen LogP contribution >= 0.6 is 12.2 Å². The van der Waals surface area contributed by atoms with Crippen LogP contribution in [-0.4, -0.2) is 20.6 Å². The number of carbonyl (C=O) groups is 1. The Balaban J connectivity index is 2.24. The van der Waals surface area contributed by atoms with Crippen molar-refractivity contribution in [1.29, 1.82) is 0 Å². The summed E-state index contributed by atoms with van der Waals surface area (Å²) >= 11 is 5.31. The fourth-order valence-electron chi connectivity index (χ4n) is 2.60. The summed E-state index contributed by atoms with van der Waals surface area (Å²) in [5.74, 6) is -1.05. The van der Waals surface area contributed by atoms with Crippen molar-refractivity contribution in [3.05, 3.63) is 74.8 Å². The van der Waals surface area contributed by atoms with Crippen molar-refractivity contribution in [2.24, 2.45) is 0 Å². The zero-order chi connectivity index (χ0) is 16.6. The van der Waals surface area contributed by atoms with Gasteiger partial charge < -0.3 is 10.1 Å². The minimum Gasteiger partial charge on any atom is -0.478 e. The monoisotopic (exact) mass is 326 g/mol. The van der Waals surface area contributed by atoms with Gasteiger partial charge in [-0.05, 0) is 42.9 Å². The van der Waals surface area contributed by atoms with E-state index in [0.717, 1.165) is 5.56 Å². The van der Waals surface area contributed by atoms with E-state index in [2.05, 4.69) is 4.98 Å². The number of aromatic nitrogens is 2. The fourth-order valence-corrected chi connectivity index (χ4v) is 2.95. The Hall–Kier alpha value is -2.73. The minimum atomic E-state index is -1.05. The highest BCUT2D eigenvalue weighted by molar-refractivity contribution is 7.71. The SMILES string of the molecule is CC(c1ccccc1)n1c(=S)[nH]c2cc(C(=O)O)ccc2c1=O. The lowest BCUT2D eigenvalue weighted by molar-refractivity contribution is 0.0697. The van der Waals surface area contributed by atoms with Crippen LogP contribution in [0.3, 0.4) is 0 Å². The summed E-state index contributed by atoms with van der Waals surface area (Å²) in [5.41, 5.74) is 1.26. The largest absolute Gasteiger partial charge is 0.478 e. The van der Waals surface area contributed by atoms with Crippen LogP contribution < -0.4 is 5.56 Å². The number of H-pyrrole nitrogens is 1. The topological polar surface area (TPSA) is 75.1 Å². The molecular weight excluding hydrogens is 312 g/mol. The summed E-state index contributed by atoms with van der Waals surface area (Å²) in [7, 11) is 0. The summed E-state index contributed by atoms with van der Waals surface area (Å²) in [4.78, 5) is 26.8. The lowest BCUT2D eigenvalue weighted by atomic mass is 10.1. The molecule has 0 saturated carbocycles. The Morgan fingerprint density at radius 1 is 1.22 bits per heavy atom. The number of nitrogens with one attached hydrogen (secondary N) is 1. The van der Waals surface area contributed by atoms with Gasteiger partial charge in [-0.3, -0.25) is 9.36 Å². The average molecular weight is 326 g/mol. The first kappa shape index (κ1) is 15.2. The third-order valence-electron chi connectivity index (χ3n) is 3.85. The number of carboxylic acids is 1. The number of aromatic amines is 1. The van der Waals surface area contributed by atoms with Crippen molar-refractivity contribution in [3.8, 4) is 0 Å². The van der Waals surface area contributed by atoms with Crippen LogP contribution in [0.2, 0.25) is 0 Å². The van der Waals surface area contributed by atoms with Gasteiger partial charge >= 0.3 is 5.97 Å². The van der Waals surface area contributed by atoms with Gasteiger partial charge in [-0.25, -0.2) is 4.79 Å². The van der Waals surface area contributed by atoms with E-state index in [4.69, 9.17) is 17.3 Å². The van der Waals surface area contributed by atoms with Crippen LogP contribution in [-0.2, 0) is 0 Å². The number of benzene rings is 2. The second kappa shape index (κ2) is 5.81. The number of carboxylic acid groups (broad SMARTS) is 1. The Kier molecular flexibility index (Phi) is 3.83.